The summed E-state index contributed by atoms with van der Waals surface area (Å²) in [5.41, 5.74) is 0. The molecule has 0 aromatic heterocycles. The Labute approximate surface area is 127 Å². The molecular formula is C16H30N2O3. The number of rotatable bonds is 7. The van der Waals surface area contributed by atoms with Crippen molar-refractivity contribution < 1.29 is 14.7 Å². The molecule has 0 aliphatic heterocycles. The summed E-state index contributed by atoms with van der Waals surface area (Å²) in [5, 5.41) is 14.8. The van der Waals surface area contributed by atoms with E-state index in [0.29, 0.717) is 12.5 Å². The quantitative estimate of drug-likeness (QED) is 0.676. The van der Waals surface area contributed by atoms with Gasteiger partial charge in [-0.25, -0.2) is 4.79 Å². The summed E-state index contributed by atoms with van der Waals surface area (Å²) >= 11 is 0. The Bertz CT molecular complexity index is 336. The molecule has 0 radical (unpaired) electrons. The van der Waals surface area contributed by atoms with Crippen molar-refractivity contribution in [1.29, 1.82) is 0 Å². The molecule has 1 rings (SSSR count). The van der Waals surface area contributed by atoms with E-state index in [0.717, 1.165) is 25.2 Å². The SMILES string of the molecule is CC(C)CC(CNC(=O)NC1CCC(C)CC1)CC(=O)O. The third kappa shape index (κ3) is 7.93. The van der Waals surface area contributed by atoms with Crippen molar-refractivity contribution >= 4 is 12.0 Å². The molecule has 0 aromatic rings. The van der Waals surface area contributed by atoms with Gasteiger partial charge >= 0.3 is 12.0 Å². The Kier molecular flexibility index (Phi) is 7.54. The van der Waals surface area contributed by atoms with Gasteiger partial charge in [-0.3, -0.25) is 4.79 Å². The number of amides is 2. The molecule has 0 heterocycles. The molecule has 0 aromatic carbocycles. The highest BCUT2D eigenvalue weighted by Crippen LogP contribution is 2.23. The summed E-state index contributed by atoms with van der Waals surface area (Å²) in [7, 11) is 0. The molecule has 122 valence electrons. The van der Waals surface area contributed by atoms with E-state index in [1.165, 1.54) is 12.8 Å². The van der Waals surface area contributed by atoms with Crippen LogP contribution < -0.4 is 10.6 Å². The standard InChI is InChI=1S/C16H30N2O3/c1-11(2)8-13(9-15(19)20)10-17-16(21)18-14-6-4-12(3)5-7-14/h11-14H,4-10H2,1-3H3,(H,19,20)(H2,17,18,21). The van der Waals surface area contributed by atoms with Crippen molar-refractivity contribution in [2.45, 2.75) is 65.3 Å². The fraction of sp³-hybridized carbons (Fsp3) is 0.875. The van der Waals surface area contributed by atoms with Gasteiger partial charge in [-0.05, 0) is 49.9 Å². The van der Waals surface area contributed by atoms with E-state index < -0.39 is 5.97 Å². The molecule has 1 aliphatic rings. The molecule has 0 saturated heterocycles. The highest BCUT2D eigenvalue weighted by molar-refractivity contribution is 5.74. The highest BCUT2D eigenvalue weighted by atomic mass is 16.4. The van der Waals surface area contributed by atoms with E-state index in [-0.39, 0.29) is 24.4 Å². The maximum atomic E-state index is 11.9. The van der Waals surface area contributed by atoms with E-state index in [1.54, 1.807) is 0 Å². The largest absolute Gasteiger partial charge is 0.481 e. The average Bonchev–Trinajstić information content (AvgIpc) is 2.37. The first-order valence-corrected chi connectivity index (χ1v) is 8.13. The minimum atomic E-state index is -0.802. The summed E-state index contributed by atoms with van der Waals surface area (Å²) in [6, 6.07) is 0.109. The monoisotopic (exact) mass is 298 g/mol. The van der Waals surface area contributed by atoms with E-state index in [4.69, 9.17) is 5.11 Å². The zero-order valence-electron chi connectivity index (χ0n) is 13.5. The first-order chi connectivity index (χ1) is 9.86. The molecular weight excluding hydrogens is 268 g/mol. The average molecular weight is 298 g/mol. The molecule has 2 amide bonds. The number of carboxylic acid groups (broad SMARTS) is 1. The van der Waals surface area contributed by atoms with E-state index in [9.17, 15) is 9.59 Å². The predicted octanol–water partition coefficient (Wildman–Crippen LogP) is 3.00. The van der Waals surface area contributed by atoms with Crippen molar-refractivity contribution in [1.82, 2.24) is 10.6 Å². The number of hydrogen-bond donors (Lipinski definition) is 3. The lowest BCUT2D eigenvalue weighted by Crippen LogP contribution is -2.45. The summed E-state index contributed by atoms with van der Waals surface area (Å²) in [6.07, 6.45) is 5.34. The third-order valence-electron chi connectivity index (χ3n) is 4.17. The topological polar surface area (TPSA) is 78.4 Å². The van der Waals surface area contributed by atoms with Crippen molar-refractivity contribution in [3.05, 3.63) is 0 Å². The fourth-order valence-electron chi connectivity index (χ4n) is 3.03. The number of aliphatic carboxylic acids is 1. The summed E-state index contributed by atoms with van der Waals surface area (Å²) in [5.74, 6) is 0.389. The number of carbonyl (C=O) groups is 2. The minimum absolute atomic E-state index is 0.000344. The lowest BCUT2D eigenvalue weighted by atomic mass is 9.87. The lowest BCUT2D eigenvalue weighted by Gasteiger charge is -2.27. The van der Waals surface area contributed by atoms with E-state index in [2.05, 4.69) is 31.4 Å². The van der Waals surface area contributed by atoms with Crippen LogP contribution in [0.25, 0.3) is 0 Å². The van der Waals surface area contributed by atoms with Gasteiger partial charge in [-0.15, -0.1) is 0 Å². The Balaban J connectivity index is 2.30. The van der Waals surface area contributed by atoms with Crippen LogP contribution in [-0.2, 0) is 4.79 Å². The number of urea groups is 1. The molecule has 0 bridgehead atoms. The second-order valence-electron chi connectivity index (χ2n) is 6.90. The summed E-state index contributed by atoms with van der Waals surface area (Å²) in [6.45, 7) is 6.81. The molecule has 1 atom stereocenters. The molecule has 1 aliphatic carbocycles. The van der Waals surface area contributed by atoms with Crippen molar-refractivity contribution in [3.8, 4) is 0 Å². The van der Waals surface area contributed by atoms with Gasteiger partial charge in [0.1, 0.15) is 0 Å². The van der Waals surface area contributed by atoms with Crippen molar-refractivity contribution in [2.75, 3.05) is 6.54 Å². The Morgan fingerprint density at radius 2 is 1.81 bits per heavy atom. The summed E-state index contributed by atoms with van der Waals surface area (Å²) < 4.78 is 0. The number of carbonyl (C=O) groups excluding carboxylic acids is 1. The lowest BCUT2D eigenvalue weighted by molar-refractivity contribution is -0.138. The van der Waals surface area contributed by atoms with Crippen LogP contribution in [0.1, 0.15) is 59.3 Å². The molecule has 5 nitrogen and oxygen atoms in total. The molecule has 21 heavy (non-hydrogen) atoms. The summed E-state index contributed by atoms with van der Waals surface area (Å²) in [4.78, 5) is 22.8. The normalized spacial score (nSPS) is 23.6. The van der Waals surface area contributed by atoms with Gasteiger partial charge < -0.3 is 15.7 Å². The van der Waals surface area contributed by atoms with Gasteiger partial charge in [-0.2, -0.15) is 0 Å². The molecule has 1 unspecified atom stereocenters. The van der Waals surface area contributed by atoms with Gasteiger partial charge in [0, 0.05) is 19.0 Å². The number of nitrogens with one attached hydrogen (secondary N) is 2. The van der Waals surface area contributed by atoms with Gasteiger partial charge in [0.2, 0.25) is 0 Å². The number of hydrogen-bond acceptors (Lipinski definition) is 2. The van der Waals surface area contributed by atoms with Crippen LogP contribution >= 0.6 is 0 Å². The Hall–Kier alpha value is -1.26. The van der Waals surface area contributed by atoms with Gasteiger partial charge in [0.25, 0.3) is 0 Å². The van der Waals surface area contributed by atoms with Crippen LogP contribution in [0.15, 0.2) is 0 Å². The first kappa shape index (κ1) is 17.8. The van der Waals surface area contributed by atoms with Crippen LogP contribution in [0.2, 0.25) is 0 Å². The predicted molar refractivity (Wildman–Crippen MR) is 83.2 cm³/mol. The molecule has 3 N–H and O–H groups in total. The van der Waals surface area contributed by atoms with Crippen molar-refractivity contribution in [3.63, 3.8) is 0 Å². The maximum Gasteiger partial charge on any atom is 0.315 e. The molecule has 1 fully saturated rings. The fourth-order valence-corrected chi connectivity index (χ4v) is 3.03. The van der Waals surface area contributed by atoms with E-state index in [1.807, 2.05) is 0 Å². The molecule has 0 spiro atoms. The molecule has 5 heteroatoms. The second-order valence-corrected chi connectivity index (χ2v) is 6.90. The Morgan fingerprint density at radius 3 is 2.33 bits per heavy atom. The Morgan fingerprint density at radius 1 is 1.19 bits per heavy atom. The zero-order valence-corrected chi connectivity index (χ0v) is 13.5. The van der Waals surface area contributed by atoms with Crippen molar-refractivity contribution in [2.24, 2.45) is 17.8 Å². The van der Waals surface area contributed by atoms with Gasteiger partial charge in [-0.1, -0.05) is 20.8 Å². The maximum absolute atomic E-state index is 11.9. The second kappa shape index (κ2) is 8.90. The zero-order chi connectivity index (χ0) is 15.8. The highest BCUT2D eigenvalue weighted by Gasteiger charge is 2.20. The first-order valence-electron chi connectivity index (χ1n) is 8.13. The van der Waals surface area contributed by atoms with Crippen LogP contribution in [-0.4, -0.2) is 29.7 Å². The third-order valence-corrected chi connectivity index (χ3v) is 4.17. The van der Waals surface area contributed by atoms with Gasteiger partial charge in [0.15, 0.2) is 0 Å². The van der Waals surface area contributed by atoms with E-state index >= 15 is 0 Å². The smallest absolute Gasteiger partial charge is 0.315 e. The number of carboxylic acids is 1. The van der Waals surface area contributed by atoms with Crippen LogP contribution in [0.3, 0.4) is 0 Å². The van der Waals surface area contributed by atoms with Gasteiger partial charge in [0.05, 0.1) is 0 Å². The minimum Gasteiger partial charge on any atom is -0.481 e. The van der Waals surface area contributed by atoms with Crippen LogP contribution in [0, 0.1) is 17.8 Å². The molecule has 1 saturated carbocycles. The van der Waals surface area contributed by atoms with Crippen LogP contribution in [0.4, 0.5) is 4.79 Å². The van der Waals surface area contributed by atoms with Crippen LogP contribution in [0.5, 0.6) is 0 Å².